The van der Waals surface area contributed by atoms with Crippen LogP contribution in [-0.4, -0.2) is 73.2 Å². The standard InChI is InChI=1S/C23H30N2O14P2/c1-12(14-8-4-6-10-16(14)24(30)31)38-40(34)21(28)19-18(26)20(27)23(29,22(36-3)37-19)41(35)39-13(2)15-9-5-7-11-17(15)25(32)33/h4-13,18-22,26-29,40-41H,1-3H3/t12?,13?,18-,19+,20+,21?,22+,23+/m0/s1. The molecule has 2 aromatic rings. The molecule has 2 aromatic carbocycles. The van der Waals surface area contributed by atoms with E-state index < -0.39 is 73.9 Å². The second-order valence-electron chi connectivity index (χ2n) is 9.13. The number of hydrogen-bond acceptors (Lipinski definition) is 14. The Labute approximate surface area is 234 Å². The molecule has 18 heteroatoms. The zero-order valence-corrected chi connectivity index (χ0v) is 23.9. The normalized spacial score (nSPS) is 28.3. The van der Waals surface area contributed by atoms with Crippen molar-refractivity contribution in [1.29, 1.82) is 0 Å². The van der Waals surface area contributed by atoms with Gasteiger partial charge in [-0.3, -0.25) is 29.4 Å². The van der Waals surface area contributed by atoms with Gasteiger partial charge in [0.1, 0.15) is 18.3 Å². The molecular formula is C23H30N2O14P2. The van der Waals surface area contributed by atoms with Crippen molar-refractivity contribution in [3.05, 3.63) is 79.9 Å². The Kier molecular flexibility index (Phi) is 10.9. The molecule has 1 aliphatic heterocycles. The first-order valence-electron chi connectivity index (χ1n) is 12.1. The molecule has 0 amide bonds. The van der Waals surface area contributed by atoms with Crippen molar-refractivity contribution >= 4 is 27.4 Å². The van der Waals surface area contributed by atoms with E-state index in [0.29, 0.717) is 0 Å². The maximum absolute atomic E-state index is 13.2. The van der Waals surface area contributed by atoms with Crippen LogP contribution in [0.25, 0.3) is 0 Å². The summed E-state index contributed by atoms with van der Waals surface area (Å²) < 4.78 is 47.2. The lowest BCUT2D eigenvalue weighted by atomic mass is 9.98. The fourth-order valence-electron chi connectivity index (χ4n) is 4.37. The number of methoxy groups -OCH3 is 1. The van der Waals surface area contributed by atoms with Crippen LogP contribution in [0.4, 0.5) is 11.4 Å². The first-order chi connectivity index (χ1) is 19.2. The van der Waals surface area contributed by atoms with Gasteiger partial charge in [-0.1, -0.05) is 24.3 Å². The van der Waals surface area contributed by atoms with Crippen molar-refractivity contribution in [3.8, 4) is 0 Å². The Bertz CT molecular complexity index is 1310. The van der Waals surface area contributed by atoms with Gasteiger partial charge in [-0.25, -0.2) is 0 Å². The number of aliphatic hydroxyl groups is 4. The highest BCUT2D eigenvalue weighted by molar-refractivity contribution is 7.41. The van der Waals surface area contributed by atoms with Crippen LogP contribution in [0.2, 0.25) is 0 Å². The summed E-state index contributed by atoms with van der Waals surface area (Å²) in [5.41, 5.74) is -0.606. The molecule has 0 radical (unpaired) electrons. The second kappa shape index (κ2) is 13.6. The minimum absolute atomic E-state index is 0.0111. The molecule has 0 aromatic heterocycles. The first-order valence-corrected chi connectivity index (χ1v) is 14.8. The van der Waals surface area contributed by atoms with Gasteiger partial charge in [0, 0.05) is 19.2 Å². The van der Waals surface area contributed by atoms with Crippen LogP contribution in [-0.2, 0) is 27.7 Å². The molecule has 1 fully saturated rings. The Hall–Kier alpha value is -2.62. The third kappa shape index (κ3) is 6.73. The molecule has 41 heavy (non-hydrogen) atoms. The summed E-state index contributed by atoms with van der Waals surface area (Å²) in [6, 6.07) is 10.9. The summed E-state index contributed by atoms with van der Waals surface area (Å²) in [7, 11) is -6.47. The molecule has 16 nitrogen and oxygen atoms in total. The van der Waals surface area contributed by atoms with E-state index in [1.165, 1.54) is 62.4 Å². The van der Waals surface area contributed by atoms with Crippen molar-refractivity contribution in [2.75, 3.05) is 7.11 Å². The number of para-hydroxylation sites is 2. The van der Waals surface area contributed by atoms with Crippen LogP contribution >= 0.6 is 16.1 Å². The molecule has 5 unspecified atom stereocenters. The Balaban J connectivity index is 1.78. The molecule has 10 atom stereocenters. The summed E-state index contributed by atoms with van der Waals surface area (Å²) in [5.74, 6) is -2.12. The fourth-order valence-corrected chi connectivity index (χ4v) is 6.96. The lowest BCUT2D eigenvalue weighted by Gasteiger charge is -2.47. The van der Waals surface area contributed by atoms with E-state index in [1.807, 2.05) is 0 Å². The predicted molar refractivity (Wildman–Crippen MR) is 142 cm³/mol. The van der Waals surface area contributed by atoms with Crippen LogP contribution < -0.4 is 0 Å². The summed E-state index contributed by atoms with van der Waals surface area (Å²) in [6.07, 6.45) is -10.8. The monoisotopic (exact) mass is 620 g/mol. The molecule has 1 saturated heterocycles. The van der Waals surface area contributed by atoms with Gasteiger partial charge in [-0.15, -0.1) is 0 Å². The maximum atomic E-state index is 13.2. The van der Waals surface area contributed by atoms with Crippen molar-refractivity contribution in [2.24, 2.45) is 0 Å². The molecule has 3 rings (SSSR count). The van der Waals surface area contributed by atoms with Crippen molar-refractivity contribution < 1.29 is 57.9 Å². The van der Waals surface area contributed by atoms with Gasteiger partial charge >= 0.3 is 0 Å². The largest absolute Gasteiger partial charge is 0.387 e. The molecule has 0 aliphatic carbocycles. The number of nitro groups is 2. The van der Waals surface area contributed by atoms with Crippen molar-refractivity contribution in [3.63, 3.8) is 0 Å². The average Bonchev–Trinajstić information content (AvgIpc) is 2.95. The minimum atomic E-state index is -3.88. The van der Waals surface area contributed by atoms with Gasteiger partial charge in [-0.05, 0) is 26.0 Å². The van der Waals surface area contributed by atoms with Gasteiger partial charge in [0.05, 0.1) is 33.2 Å². The smallest absolute Gasteiger partial charge is 0.275 e. The van der Waals surface area contributed by atoms with Gasteiger partial charge in [0.25, 0.3) is 11.4 Å². The number of nitro benzene ring substituents is 2. The van der Waals surface area contributed by atoms with E-state index in [2.05, 4.69) is 0 Å². The fraction of sp³-hybridized carbons (Fsp3) is 0.478. The summed E-state index contributed by atoms with van der Waals surface area (Å²) in [4.78, 5) is 21.3. The maximum Gasteiger partial charge on any atom is 0.275 e. The predicted octanol–water partition coefficient (Wildman–Crippen LogP) is 2.41. The first kappa shape index (κ1) is 32.9. The number of benzene rings is 2. The summed E-state index contributed by atoms with van der Waals surface area (Å²) >= 11 is 0. The van der Waals surface area contributed by atoms with E-state index in [1.54, 1.807) is 0 Å². The zero-order valence-electron chi connectivity index (χ0n) is 21.9. The van der Waals surface area contributed by atoms with E-state index in [9.17, 15) is 49.8 Å². The highest BCUT2D eigenvalue weighted by Crippen LogP contribution is 2.53. The minimum Gasteiger partial charge on any atom is -0.387 e. The number of ether oxygens (including phenoxy) is 2. The summed E-state index contributed by atoms with van der Waals surface area (Å²) in [6.45, 7) is 2.67. The van der Waals surface area contributed by atoms with Crippen molar-refractivity contribution in [1.82, 2.24) is 0 Å². The van der Waals surface area contributed by atoms with E-state index in [4.69, 9.17) is 18.5 Å². The molecule has 0 saturated carbocycles. The van der Waals surface area contributed by atoms with Crippen molar-refractivity contribution in [2.45, 2.75) is 61.8 Å². The number of aliphatic hydroxyl groups excluding tert-OH is 3. The van der Waals surface area contributed by atoms with Crippen LogP contribution in [0.5, 0.6) is 0 Å². The highest BCUT2D eigenvalue weighted by Gasteiger charge is 2.61. The summed E-state index contributed by atoms with van der Waals surface area (Å²) in [5, 5.41) is 63.1. The molecule has 0 spiro atoms. The molecule has 4 N–H and O–H groups in total. The molecular weight excluding hydrogens is 590 g/mol. The number of rotatable bonds is 12. The number of nitrogens with zero attached hydrogens (tertiary/aromatic N) is 2. The SMILES string of the molecule is CO[C@@H]1O[C@@H](C(O)[PH](=O)OC(C)c2ccccc2[N+](=O)[O-])[C@H](O)[C@@H](O)[C@@]1(O)[PH](=O)OC(C)c1ccccc1[N+](=O)[O-]. The lowest BCUT2D eigenvalue weighted by molar-refractivity contribution is -0.386. The molecule has 1 heterocycles. The zero-order chi connectivity index (χ0) is 30.6. The van der Waals surface area contributed by atoms with Gasteiger partial charge < -0.3 is 38.9 Å². The van der Waals surface area contributed by atoms with Crippen LogP contribution in [0.15, 0.2) is 48.5 Å². The number of hydrogen-bond donors (Lipinski definition) is 4. The van der Waals surface area contributed by atoms with E-state index in [-0.39, 0.29) is 22.5 Å². The second-order valence-corrected chi connectivity index (χ2v) is 12.2. The van der Waals surface area contributed by atoms with E-state index in [0.717, 1.165) is 7.11 Å². The molecule has 1 aliphatic rings. The molecule has 0 bridgehead atoms. The van der Waals surface area contributed by atoms with Crippen LogP contribution in [0, 0.1) is 20.2 Å². The van der Waals surface area contributed by atoms with Crippen LogP contribution in [0.1, 0.15) is 37.2 Å². The van der Waals surface area contributed by atoms with E-state index >= 15 is 0 Å². The molecule has 226 valence electrons. The lowest BCUT2D eigenvalue weighted by Crippen LogP contribution is -2.66. The van der Waals surface area contributed by atoms with Gasteiger partial charge in [0.2, 0.25) is 21.4 Å². The topological polar surface area (TPSA) is 238 Å². The van der Waals surface area contributed by atoms with Gasteiger partial charge in [0.15, 0.2) is 12.1 Å². The Morgan fingerprint density at radius 3 is 1.85 bits per heavy atom. The quantitative estimate of drug-likeness (QED) is 0.151. The Morgan fingerprint density at radius 2 is 1.39 bits per heavy atom. The Morgan fingerprint density at radius 1 is 0.927 bits per heavy atom. The van der Waals surface area contributed by atoms with Gasteiger partial charge in [-0.2, -0.15) is 0 Å². The third-order valence-corrected chi connectivity index (χ3v) is 9.71. The average molecular weight is 620 g/mol. The van der Waals surface area contributed by atoms with Crippen LogP contribution in [0.3, 0.4) is 0 Å². The third-order valence-electron chi connectivity index (χ3n) is 6.56. The highest BCUT2D eigenvalue weighted by atomic mass is 31.1.